The van der Waals surface area contributed by atoms with Gasteiger partial charge in [0.2, 0.25) is 5.91 Å². The standard InChI is InChI=1S/C18H19ClN2O2/c1-12-5-3-4-6-16(12)18(23)20-11-17(22)21-13(2)14-7-9-15(19)10-8-14/h3-10,13H,11H2,1-2H3,(H,20,23)(H,21,22). The molecule has 0 spiro atoms. The van der Waals surface area contributed by atoms with Gasteiger partial charge in [0.15, 0.2) is 0 Å². The molecule has 0 saturated carbocycles. The molecule has 0 aliphatic rings. The van der Waals surface area contributed by atoms with Gasteiger partial charge in [0.25, 0.3) is 5.91 Å². The first-order chi connectivity index (χ1) is 11.0. The normalized spacial score (nSPS) is 11.6. The number of halogens is 1. The topological polar surface area (TPSA) is 58.2 Å². The fourth-order valence-electron chi connectivity index (χ4n) is 2.21. The van der Waals surface area contributed by atoms with E-state index >= 15 is 0 Å². The molecule has 1 atom stereocenters. The lowest BCUT2D eigenvalue weighted by Gasteiger charge is -2.15. The molecule has 120 valence electrons. The molecule has 0 radical (unpaired) electrons. The van der Waals surface area contributed by atoms with Crippen molar-refractivity contribution in [1.29, 1.82) is 0 Å². The molecular weight excluding hydrogens is 312 g/mol. The highest BCUT2D eigenvalue weighted by molar-refractivity contribution is 6.30. The zero-order valence-corrected chi connectivity index (χ0v) is 13.9. The molecule has 0 fully saturated rings. The predicted octanol–water partition coefficient (Wildman–Crippen LogP) is 3.26. The van der Waals surface area contributed by atoms with Gasteiger partial charge in [0, 0.05) is 10.6 Å². The Morgan fingerprint density at radius 1 is 1.09 bits per heavy atom. The fourth-order valence-corrected chi connectivity index (χ4v) is 2.34. The Labute approximate surface area is 140 Å². The molecule has 2 aromatic rings. The van der Waals surface area contributed by atoms with E-state index in [1.165, 1.54) is 0 Å². The van der Waals surface area contributed by atoms with Crippen molar-refractivity contribution in [3.8, 4) is 0 Å². The summed E-state index contributed by atoms with van der Waals surface area (Å²) in [7, 11) is 0. The third-order valence-corrected chi connectivity index (χ3v) is 3.80. The van der Waals surface area contributed by atoms with Crippen molar-refractivity contribution >= 4 is 23.4 Å². The predicted molar refractivity (Wildman–Crippen MR) is 91.5 cm³/mol. The smallest absolute Gasteiger partial charge is 0.251 e. The quantitative estimate of drug-likeness (QED) is 0.884. The van der Waals surface area contributed by atoms with Crippen molar-refractivity contribution < 1.29 is 9.59 Å². The second kappa shape index (κ2) is 7.79. The summed E-state index contributed by atoms with van der Waals surface area (Å²) < 4.78 is 0. The van der Waals surface area contributed by atoms with Crippen LogP contribution < -0.4 is 10.6 Å². The van der Waals surface area contributed by atoms with Crippen molar-refractivity contribution in [2.75, 3.05) is 6.54 Å². The molecule has 23 heavy (non-hydrogen) atoms. The average Bonchev–Trinajstić information content (AvgIpc) is 2.53. The van der Waals surface area contributed by atoms with Crippen molar-refractivity contribution in [3.63, 3.8) is 0 Å². The third-order valence-electron chi connectivity index (χ3n) is 3.55. The van der Waals surface area contributed by atoms with Gasteiger partial charge in [0.05, 0.1) is 12.6 Å². The summed E-state index contributed by atoms with van der Waals surface area (Å²) in [6.45, 7) is 3.67. The van der Waals surface area contributed by atoms with Crippen LogP contribution in [0.25, 0.3) is 0 Å². The highest BCUT2D eigenvalue weighted by atomic mass is 35.5. The Morgan fingerprint density at radius 3 is 2.39 bits per heavy atom. The van der Waals surface area contributed by atoms with E-state index in [0.717, 1.165) is 11.1 Å². The lowest BCUT2D eigenvalue weighted by molar-refractivity contribution is -0.120. The summed E-state index contributed by atoms with van der Waals surface area (Å²) in [5, 5.41) is 6.12. The number of carbonyl (C=O) groups is 2. The van der Waals surface area contributed by atoms with E-state index in [1.807, 2.05) is 38.1 Å². The van der Waals surface area contributed by atoms with Crippen LogP contribution in [0.4, 0.5) is 0 Å². The minimum absolute atomic E-state index is 0.0644. The van der Waals surface area contributed by atoms with Crippen LogP contribution >= 0.6 is 11.6 Å². The number of carbonyl (C=O) groups excluding carboxylic acids is 2. The van der Waals surface area contributed by atoms with E-state index in [0.29, 0.717) is 10.6 Å². The zero-order chi connectivity index (χ0) is 16.8. The van der Waals surface area contributed by atoms with Crippen LogP contribution in [0.15, 0.2) is 48.5 Å². The van der Waals surface area contributed by atoms with Crippen LogP contribution in [0.1, 0.15) is 34.5 Å². The maximum atomic E-state index is 12.1. The molecule has 0 aliphatic heterocycles. The molecule has 2 aromatic carbocycles. The van der Waals surface area contributed by atoms with Gasteiger partial charge in [0.1, 0.15) is 0 Å². The summed E-state index contributed by atoms with van der Waals surface area (Å²) in [5.41, 5.74) is 2.40. The van der Waals surface area contributed by atoms with Crippen LogP contribution in [0.5, 0.6) is 0 Å². The van der Waals surface area contributed by atoms with Gasteiger partial charge in [-0.05, 0) is 43.2 Å². The second-order valence-corrected chi connectivity index (χ2v) is 5.77. The Kier molecular flexibility index (Phi) is 5.77. The molecule has 1 unspecified atom stereocenters. The molecule has 0 aliphatic carbocycles. The van der Waals surface area contributed by atoms with Crippen LogP contribution in [0.2, 0.25) is 5.02 Å². The second-order valence-electron chi connectivity index (χ2n) is 5.34. The number of aryl methyl sites for hydroxylation is 1. The summed E-state index contributed by atoms with van der Waals surface area (Å²) in [5.74, 6) is -0.494. The zero-order valence-electron chi connectivity index (χ0n) is 13.1. The number of hydrogen-bond donors (Lipinski definition) is 2. The highest BCUT2D eigenvalue weighted by Crippen LogP contribution is 2.15. The van der Waals surface area contributed by atoms with Crippen LogP contribution in [0.3, 0.4) is 0 Å². The molecule has 0 bridgehead atoms. The Bertz CT molecular complexity index is 698. The molecule has 2 rings (SSSR count). The molecule has 0 heterocycles. The third kappa shape index (κ3) is 4.83. The van der Waals surface area contributed by atoms with E-state index in [-0.39, 0.29) is 24.4 Å². The van der Waals surface area contributed by atoms with Gasteiger partial charge < -0.3 is 10.6 Å². The maximum Gasteiger partial charge on any atom is 0.251 e. The van der Waals surface area contributed by atoms with E-state index in [1.54, 1.807) is 24.3 Å². The molecular formula is C18H19ClN2O2. The van der Waals surface area contributed by atoms with E-state index in [9.17, 15) is 9.59 Å². The monoisotopic (exact) mass is 330 g/mol. The number of nitrogens with one attached hydrogen (secondary N) is 2. The van der Waals surface area contributed by atoms with Crippen molar-refractivity contribution in [1.82, 2.24) is 10.6 Å². The van der Waals surface area contributed by atoms with Crippen LogP contribution in [-0.2, 0) is 4.79 Å². The highest BCUT2D eigenvalue weighted by Gasteiger charge is 2.12. The first kappa shape index (κ1) is 17.0. The fraction of sp³-hybridized carbons (Fsp3) is 0.222. The first-order valence-electron chi connectivity index (χ1n) is 7.36. The van der Waals surface area contributed by atoms with E-state index < -0.39 is 0 Å². The molecule has 0 saturated heterocycles. The number of benzene rings is 2. The first-order valence-corrected chi connectivity index (χ1v) is 7.74. The summed E-state index contributed by atoms with van der Waals surface area (Å²) in [6.07, 6.45) is 0. The number of amides is 2. The minimum atomic E-state index is -0.252. The van der Waals surface area contributed by atoms with Crippen molar-refractivity contribution in [2.24, 2.45) is 0 Å². The Balaban J connectivity index is 1.86. The molecule has 2 N–H and O–H groups in total. The van der Waals surface area contributed by atoms with Gasteiger partial charge >= 0.3 is 0 Å². The molecule has 2 amide bonds. The molecule has 4 nitrogen and oxygen atoms in total. The van der Waals surface area contributed by atoms with Crippen LogP contribution in [0, 0.1) is 6.92 Å². The van der Waals surface area contributed by atoms with E-state index in [2.05, 4.69) is 10.6 Å². The lowest BCUT2D eigenvalue weighted by atomic mass is 10.1. The Morgan fingerprint density at radius 2 is 1.74 bits per heavy atom. The summed E-state index contributed by atoms with van der Waals surface area (Å²) >= 11 is 5.84. The lowest BCUT2D eigenvalue weighted by Crippen LogP contribution is -2.38. The van der Waals surface area contributed by atoms with E-state index in [4.69, 9.17) is 11.6 Å². The average molecular weight is 331 g/mol. The summed E-state index contributed by atoms with van der Waals surface area (Å²) in [6, 6.07) is 14.4. The van der Waals surface area contributed by atoms with Gasteiger partial charge in [-0.3, -0.25) is 9.59 Å². The SMILES string of the molecule is Cc1ccccc1C(=O)NCC(=O)NC(C)c1ccc(Cl)cc1. The number of hydrogen-bond acceptors (Lipinski definition) is 2. The maximum absolute atomic E-state index is 12.1. The van der Waals surface area contributed by atoms with Crippen LogP contribution in [-0.4, -0.2) is 18.4 Å². The Hall–Kier alpha value is -2.33. The summed E-state index contributed by atoms with van der Waals surface area (Å²) in [4.78, 5) is 24.0. The van der Waals surface area contributed by atoms with Gasteiger partial charge in [-0.2, -0.15) is 0 Å². The molecule has 0 aromatic heterocycles. The number of rotatable bonds is 5. The van der Waals surface area contributed by atoms with Gasteiger partial charge in [-0.25, -0.2) is 0 Å². The van der Waals surface area contributed by atoms with Crippen molar-refractivity contribution in [3.05, 3.63) is 70.2 Å². The van der Waals surface area contributed by atoms with Crippen molar-refractivity contribution in [2.45, 2.75) is 19.9 Å². The van der Waals surface area contributed by atoms with Gasteiger partial charge in [-0.1, -0.05) is 41.9 Å². The molecule has 5 heteroatoms. The minimum Gasteiger partial charge on any atom is -0.348 e. The largest absolute Gasteiger partial charge is 0.348 e. The van der Waals surface area contributed by atoms with Gasteiger partial charge in [-0.15, -0.1) is 0 Å².